The Bertz CT molecular complexity index is 646. The van der Waals surface area contributed by atoms with Gasteiger partial charge in [-0.15, -0.1) is 0 Å². The largest absolute Gasteiger partial charge is 0.444 e. The second kappa shape index (κ2) is 7.99. The average Bonchev–Trinajstić information content (AvgIpc) is 2.94. The maximum Gasteiger partial charge on any atom is 0.411 e. The Balaban J connectivity index is 2.10. The topological polar surface area (TPSA) is 78.9 Å². The van der Waals surface area contributed by atoms with Gasteiger partial charge >= 0.3 is 6.09 Å². The van der Waals surface area contributed by atoms with Crippen molar-refractivity contribution in [2.75, 3.05) is 13.2 Å². The van der Waals surface area contributed by atoms with Gasteiger partial charge in [0.15, 0.2) is 0 Å². The number of alkyl halides is 1. The minimum Gasteiger partial charge on any atom is -0.444 e. The summed E-state index contributed by atoms with van der Waals surface area (Å²) >= 11 is 0. The van der Waals surface area contributed by atoms with E-state index in [9.17, 15) is 23.5 Å². The Kier molecular flexibility index (Phi) is 6.17. The third kappa shape index (κ3) is 5.14. The van der Waals surface area contributed by atoms with Crippen molar-refractivity contribution in [3.8, 4) is 0 Å². The van der Waals surface area contributed by atoms with Gasteiger partial charge in [0.1, 0.15) is 23.6 Å². The standard InChI is InChI=1S/C18H24F2N2O4/c1-18(2,3)26-17(25)22-9-13(20)8-15(22)16(24)21-14(10-23)11-4-6-12(19)7-5-11/h4-7,13-15,23H,8-10H2,1-3H3,(H,21,24)/t13-,14?,15+/m1/s1. The first-order valence-electron chi connectivity index (χ1n) is 8.41. The van der Waals surface area contributed by atoms with Crippen LogP contribution >= 0.6 is 0 Å². The summed E-state index contributed by atoms with van der Waals surface area (Å²) < 4.78 is 32.1. The van der Waals surface area contributed by atoms with E-state index in [1.807, 2.05) is 0 Å². The van der Waals surface area contributed by atoms with E-state index < -0.39 is 48.3 Å². The number of aliphatic hydroxyl groups excluding tert-OH is 1. The molecule has 26 heavy (non-hydrogen) atoms. The Morgan fingerprint density at radius 2 is 1.96 bits per heavy atom. The molecular weight excluding hydrogens is 346 g/mol. The molecule has 0 aliphatic carbocycles. The monoisotopic (exact) mass is 370 g/mol. The summed E-state index contributed by atoms with van der Waals surface area (Å²) in [6.07, 6.45) is -2.25. The summed E-state index contributed by atoms with van der Waals surface area (Å²) in [5.41, 5.74) is -0.269. The fourth-order valence-corrected chi connectivity index (χ4v) is 2.75. The van der Waals surface area contributed by atoms with Crippen LogP contribution in [0.5, 0.6) is 0 Å². The SMILES string of the molecule is CC(C)(C)OC(=O)N1C[C@H](F)C[C@H]1C(=O)NC(CO)c1ccc(F)cc1. The lowest BCUT2D eigenvalue weighted by Crippen LogP contribution is -2.48. The van der Waals surface area contributed by atoms with Crippen LogP contribution in [0.3, 0.4) is 0 Å². The number of carbonyl (C=O) groups excluding carboxylic acids is 2. The number of nitrogens with zero attached hydrogens (tertiary/aromatic N) is 1. The highest BCUT2D eigenvalue weighted by Crippen LogP contribution is 2.24. The molecule has 1 aromatic rings. The molecule has 1 aliphatic heterocycles. The van der Waals surface area contributed by atoms with Crippen LogP contribution in [0.2, 0.25) is 0 Å². The lowest BCUT2D eigenvalue weighted by molar-refractivity contribution is -0.126. The minimum atomic E-state index is -1.34. The number of rotatable bonds is 4. The Morgan fingerprint density at radius 1 is 1.35 bits per heavy atom. The van der Waals surface area contributed by atoms with Crippen LogP contribution in [-0.2, 0) is 9.53 Å². The van der Waals surface area contributed by atoms with Crippen LogP contribution < -0.4 is 5.32 Å². The first-order valence-corrected chi connectivity index (χ1v) is 8.41. The smallest absolute Gasteiger partial charge is 0.411 e. The zero-order valence-corrected chi connectivity index (χ0v) is 15.0. The molecular formula is C18H24F2N2O4. The van der Waals surface area contributed by atoms with E-state index in [4.69, 9.17) is 4.74 Å². The molecule has 1 fully saturated rings. The van der Waals surface area contributed by atoms with Crippen LogP contribution in [-0.4, -0.2) is 53.0 Å². The van der Waals surface area contributed by atoms with Gasteiger partial charge in [-0.2, -0.15) is 0 Å². The molecule has 1 aliphatic rings. The highest BCUT2D eigenvalue weighted by Gasteiger charge is 2.42. The van der Waals surface area contributed by atoms with Gasteiger partial charge in [0.2, 0.25) is 5.91 Å². The molecule has 6 nitrogen and oxygen atoms in total. The molecule has 8 heteroatoms. The number of carbonyl (C=O) groups is 2. The van der Waals surface area contributed by atoms with E-state index >= 15 is 0 Å². The summed E-state index contributed by atoms with van der Waals surface area (Å²) in [6, 6.07) is 3.48. The molecule has 1 heterocycles. The van der Waals surface area contributed by atoms with Gasteiger partial charge in [0, 0.05) is 6.42 Å². The molecule has 0 spiro atoms. The summed E-state index contributed by atoms with van der Waals surface area (Å²) in [7, 11) is 0. The van der Waals surface area contributed by atoms with E-state index in [-0.39, 0.29) is 13.0 Å². The maximum atomic E-state index is 13.8. The Morgan fingerprint density at radius 3 is 2.50 bits per heavy atom. The molecule has 0 aromatic heterocycles. The minimum absolute atomic E-state index is 0.146. The van der Waals surface area contributed by atoms with Gasteiger partial charge in [-0.05, 0) is 38.5 Å². The van der Waals surface area contributed by atoms with E-state index in [0.29, 0.717) is 5.56 Å². The highest BCUT2D eigenvalue weighted by molar-refractivity contribution is 5.86. The number of halogens is 2. The molecule has 1 saturated heterocycles. The highest BCUT2D eigenvalue weighted by atomic mass is 19.1. The number of nitrogens with one attached hydrogen (secondary N) is 1. The number of likely N-dealkylation sites (tertiary alicyclic amines) is 1. The third-order valence-corrected chi connectivity index (χ3v) is 3.95. The van der Waals surface area contributed by atoms with Crippen LogP contribution in [0.25, 0.3) is 0 Å². The van der Waals surface area contributed by atoms with Gasteiger partial charge in [0.05, 0.1) is 19.2 Å². The molecule has 0 radical (unpaired) electrons. The quantitative estimate of drug-likeness (QED) is 0.853. The molecule has 2 N–H and O–H groups in total. The van der Waals surface area contributed by atoms with Crippen LogP contribution in [0, 0.1) is 5.82 Å². The first kappa shape index (κ1) is 20.1. The van der Waals surface area contributed by atoms with Gasteiger partial charge in [-0.3, -0.25) is 9.69 Å². The lowest BCUT2D eigenvalue weighted by Gasteiger charge is -2.28. The number of hydrogen-bond acceptors (Lipinski definition) is 4. The van der Waals surface area contributed by atoms with E-state index in [1.165, 1.54) is 24.3 Å². The van der Waals surface area contributed by atoms with Crippen molar-refractivity contribution in [2.24, 2.45) is 0 Å². The summed E-state index contributed by atoms with van der Waals surface area (Å²) in [5.74, 6) is -1.04. The third-order valence-electron chi connectivity index (χ3n) is 3.95. The second-order valence-corrected chi connectivity index (χ2v) is 7.28. The Labute approximate surface area is 151 Å². The first-order chi connectivity index (χ1) is 12.1. The molecule has 2 rings (SSSR count). The summed E-state index contributed by atoms with van der Waals surface area (Å²) in [4.78, 5) is 25.9. The number of ether oxygens (including phenoxy) is 1. The predicted molar refractivity (Wildman–Crippen MR) is 90.6 cm³/mol. The molecule has 1 unspecified atom stereocenters. The van der Waals surface area contributed by atoms with Gasteiger partial charge < -0.3 is 15.2 Å². The second-order valence-electron chi connectivity index (χ2n) is 7.28. The van der Waals surface area contributed by atoms with E-state index in [0.717, 1.165) is 4.90 Å². The van der Waals surface area contributed by atoms with Crippen molar-refractivity contribution >= 4 is 12.0 Å². The van der Waals surface area contributed by atoms with Crippen LogP contribution in [0.15, 0.2) is 24.3 Å². The molecule has 3 atom stereocenters. The van der Waals surface area contributed by atoms with Gasteiger partial charge in [0.25, 0.3) is 0 Å². The molecule has 144 valence electrons. The van der Waals surface area contributed by atoms with Crippen LogP contribution in [0.4, 0.5) is 13.6 Å². The summed E-state index contributed by atoms with van der Waals surface area (Å²) in [6.45, 7) is 4.39. The molecule has 0 bridgehead atoms. The fraction of sp³-hybridized carbons (Fsp3) is 0.556. The molecule has 2 amide bonds. The molecule has 0 saturated carbocycles. The molecule has 1 aromatic carbocycles. The van der Waals surface area contributed by atoms with Gasteiger partial charge in [-0.1, -0.05) is 12.1 Å². The van der Waals surface area contributed by atoms with E-state index in [2.05, 4.69) is 5.32 Å². The van der Waals surface area contributed by atoms with Crippen molar-refractivity contribution < 1.29 is 28.2 Å². The number of aliphatic hydroxyl groups is 1. The number of benzene rings is 1. The lowest BCUT2D eigenvalue weighted by atomic mass is 10.1. The predicted octanol–water partition coefficient (Wildman–Crippen LogP) is 2.32. The Hall–Kier alpha value is -2.22. The van der Waals surface area contributed by atoms with Crippen LogP contribution in [0.1, 0.15) is 38.8 Å². The van der Waals surface area contributed by atoms with Crippen molar-refractivity contribution in [2.45, 2.75) is 51.0 Å². The zero-order chi connectivity index (χ0) is 19.5. The maximum absolute atomic E-state index is 13.8. The number of hydrogen-bond donors (Lipinski definition) is 2. The van der Waals surface area contributed by atoms with E-state index in [1.54, 1.807) is 20.8 Å². The van der Waals surface area contributed by atoms with Crippen molar-refractivity contribution in [1.29, 1.82) is 0 Å². The van der Waals surface area contributed by atoms with Crippen molar-refractivity contribution in [3.05, 3.63) is 35.6 Å². The number of amides is 2. The summed E-state index contributed by atoms with van der Waals surface area (Å²) in [5, 5.41) is 12.1. The fourth-order valence-electron chi connectivity index (χ4n) is 2.75. The van der Waals surface area contributed by atoms with Crippen molar-refractivity contribution in [1.82, 2.24) is 10.2 Å². The normalized spacial score (nSPS) is 21.4. The average molecular weight is 370 g/mol. The van der Waals surface area contributed by atoms with Gasteiger partial charge in [-0.25, -0.2) is 13.6 Å². The zero-order valence-electron chi connectivity index (χ0n) is 15.0. The van der Waals surface area contributed by atoms with Crippen molar-refractivity contribution in [3.63, 3.8) is 0 Å².